The summed E-state index contributed by atoms with van der Waals surface area (Å²) in [4.78, 5) is 22.9. The average molecular weight is 312 g/mol. The molecule has 0 aliphatic rings. The van der Waals surface area contributed by atoms with E-state index in [4.69, 9.17) is 4.74 Å². The first kappa shape index (κ1) is 16.3. The summed E-state index contributed by atoms with van der Waals surface area (Å²) < 4.78 is 9.75. The predicted octanol–water partition coefficient (Wildman–Crippen LogP) is 3.11. The van der Waals surface area contributed by atoms with Crippen molar-refractivity contribution >= 4 is 23.6 Å². The molecule has 2 aromatic carbocycles. The van der Waals surface area contributed by atoms with Crippen molar-refractivity contribution in [3.63, 3.8) is 0 Å². The van der Waals surface area contributed by atoms with Gasteiger partial charge in [-0.05, 0) is 41.5 Å². The Morgan fingerprint density at radius 2 is 1.70 bits per heavy atom. The van der Waals surface area contributed by atoms with E-state index in [0.717, 1.165) is 0 Å². The highest BCUT2D eigenvalue weighted by Gasteiger charge is 2.12. The van der Waals surface area contributed by atoms with Crippen molar-refractivity contribution < 1.29 is 24.2 Å². The standard InChI is InChI=1S/C18H16O5/c1-22-15-5-3-4-14(11-15)16(17(19)20)10-12-6-8-13(9-7-12)18(21)23-2/h3-11H,1-2H3,(H,19,20)/b16-10-. The van der Waals surface area contributed by atoms with Crippen molar-refractivity contribution in [2.75, 3.05) is 14.2 Å². The molecule has 0 saturated carbocycles. The lowest BCUT2D eigenvalue weighted by atomic mass is 10.0. The summed E-state index contributed by atoms with van der Waals surface area (Å²) in [6.45, 7) is 0. The number of carboxylic acid groups (broad SMARTS) is 1. The van der Waals surface area contributed by atoms with E-state index >= 15 is 0 Å². The van der Waals surface area contributed by atoms with E-state index in [1.807, 2.05) is 0 Å². The molecular weight excluding hydrogens is 296 g/mol. The third kappa shape index (κ3) is 3.97. The lowest BCUT2D eigenvalue weighted by Crippen LogP contribution is -2.01. The lowest BCUT2D eigenvalue weighted by molar-refractivity contribution is -0.130. The first-order valence-corrected chi connectivity index (χ1v) is 6.83. The Hall–Kier alpha value is -3.08. The zero-order valence-corrected chi connectivity index (χ0v) is 12.8. The average Bonchev–Trinajstić information content (AvgIpc) is 2.59. The molecule has 0 aliphatic carbocycles. The Morgan fingerprint density at radius 3 is 2.26 bits per heavy atom. The molecule has 23 heavy (non-hydrogen) atoms. The number of aliphatic carboxylic acids is 1. The summed E-state index contributed by atoms with van der Waals surface area (Å²) in [5, 5.41) is 9.45. The van der Waals surface area contributed by atoms with E-state index in [1.165, 1.54) is 20.3 Å². The molecule has 2 aromatic rings. The van der Waals surface area contributed by atoms with Gasteiger partial charge in [-0.15, -0.1) is 0 Å². The van der Waals surface area contributed by atoms with Crippen molar-refractivity contribution in [2.24, 2.45) is 0 Å². The summed E-state index contributed by atoms with van der Waals surface area (Å²) in [5.74, 6) is -0.905. The maximum atomic E-state index is 11.5. The number of methoxy groups -OCH3 is 2. The minimum absolute atomic E-state index is 0.134. The van der Waals surface area contributed by atoms with Gasteiger partial charge in [0.1, 0.15) is 5.75 Å². The van der Waals surface area contributed by atoms with Crippen LogP contribution in [0.3, 0.4) is 0 Å². The molecule has 2 rings (SSSR count). The Balaban J connectivity index is 2.39. The van der Waals surface area contributed by atoms with Gasteiger partial charge in [0.2, 0.25) is 0 Å². The van der Waals surface area contributed by atoms with Crippen LogP contribution < -0.4 is 4.74 Å². The highest BCUT2D eigenvalue weighted by molar-refractivity contribution is 6.20. The van der Waals surface area contributed by atoms with E-state index < -0.39 is 11.9 Å². The van der Waals surface area contributed by atoms with Crippen LogP contribution in [0.4, 0.5) is 0 Å². The second kappa shape index (κ2) is 7.26. The first-order chi connectivity index (χ1) is 11.0. The van der Waals surface area contributed by atoms with Crippen LogP contribution in [0.25, 0.3) is 11.6 Å². The molecule has 1 N–H and O–H groups in total. The third-order valence-electron chi connectivity index (χ3n) is 3.25. The van der Waals surface area contributed by atoms with Gasteiger partial charge in [-0.1, -0.05) is 24.3 Å². The molecule has 0 aromatic heterocycles. The van der Waals surface area contributed by atoms with E-state index in [-0.39, 0.29) is 5.57 Å². The summed E-state index contributed by atoms with van der Waals surface area (Å²) >= 11 is 0. The molecule has 0 unspecified atom stereocenters. The molecule has 0 radical (unpaired) electrons. The summed E-state index contributed by atoms with van der Waals surface area (Å²) in [6.07, 6.45) is 1.54. The number of hydrogen-bond donors (Lipinski definition) is 1. The minimum Gasteiger partial charge on any atom is -0.497 e. The minimum atomic E-state index is -1.05. The van der Waals surface area contributed by atoms with Crippen molar-refractivity contribution in [3.8, 4) is 5.75 Å². The smallest absolute Gasteiger partial charge is 0.337 e. The number of benzene rings is 2. The Labute approximate surface area is 133 Å². The van der Waals surface area contributed by atoms with Gasteiger partial charge in [-0.3, -0.25) is 0 Å². The van der Waals surface area contributed by atoms with Gasteiger partial charge in [0.05, 0.1) is 25.4 Å². The molecule has 0 aliphatic heterocycles. The Bertz CT molecular complexity index is 744. The number of carbonyl (C=O) groups excluding carboxylic acids is 1. The van der Waals surface area contributed by atoms with Gasteiger partial charge < -0.3 is 14.6 Å². The van der Waals surface area contributed by atoms with Gasteiger partial charge in [0.15, 0.2) is 0 Å². The van der Waals surface area contributed by atoms with Crippen molar-refractivity contribution in [1.82, 2.24) is 0 Å². The van der Waals surface area contributed by atoms with E-state index in [2.05, 4.69) is 4.74 Å². The van der Waals surface area contributed by atoms with Crippen LogP contribution >= 0.6 is 0 Å². The topological polar surface area (TPSA) is 72.8 Å². The van der Waals surface area contributed by atoms with Crippen LogP contribution in [0.5, 0.6) is 5.75 Å². The van der Waals surface area contributed by atoms with Crippen LogP contribution in [0.15, 0.2) is 48.5 Å². The number of esters is 1. The summed E-state index contributed by atoms with van der Waals surface area (Å²) in [5.41, 5.74) is 1.74. The fraction of sp³-hybridized carbons (Fsp3) is 0.111. The third-order valence-corrected chi connectivity index (χ3v) is 3.25. The number of carboxylic acids is 1. The molecule has 0 saturated heterocycles. The SMILES string of the molecule is COC(=O)c1ccc(/C=C(\C(=O)O)c2cccc(OC)c2)cc1. The monoisotopic (exact) mass is 312 g/mol. The van der Waals surface area contributed by atoms with E-state index in [0.29, 0.717) is 22.4 Å². The highest BCUT2D eigenvalue weighted by Crippen LogP contribution is 2.23. The largest absolute Gasteiger partial charge is 0.497 e. The van der Waals surface area contributed by atoms with Gasteiger partial charge in [0, 0.05) is 0 Å². The van der Waals surface area contributed by atoms with E-state index in [1.54, 1.807) is 48.5 Å². The van der Waals surface area contributed by atoms with Crippen molar-refractivity contribution in [3.05, 3.63) is 65.2 Å². The Morgan fingerprint density at radius 1 is 1.00 bits per heavy atom. The molecule has 0 fully saturated rings. The maximum Gasteiger partial charge on any atom is 0.337 e. The molecule has 0 bridgehead atoms. The first-order valence-electron chi connectivity index (χ1n) is 6.83. The number of rotatable bonds is 5. The predicted molar refractivity (Wildman–Crippen MR) is 86.3 cm³/mol. The molecule has 0 heterocycles. The molecule has 5 nitrogen and oxygen atoms in total. The molecular formula is C18H16O5. The number of ether oxygens (including phenoxy) is 2. The number of carbonyl (C=O) groups is 2. The zero-order valence-electron chi connectivity index (χ0n) is 12.8. The summed E-state index contributed by atoms with van der Waals surface area (Å²) in [6, 6.07) is 13.3. The second-order valence-corrected chi connectivity index (χ2v) is 4.71. The van der Waals surface area contributed by atoms with Crippen LogP contribution in [0.2, 0.25) is 0 Å². The van der Waals surface area contributed by atoms with Crippen molar-refractivity contribution in [2.45, 2.75) is 0 Å². The lowest BCUT2D eigenvalue weighted by Gasteiger charge is -2.06. The molecule has 118 valence electrons. The fourth-order valence-corrected chi connectivity index (χ4v) is 2.06. The second-order valence-electron chi connectivity index (χ2n) is 4.71. The molecule has 0 atom stereocenters. The van der Waals surface area contributed by atoms with Crippen LogP contribution in [0.1, 0.15) is 21.5 Å². The van der Waals surface area contributed by atoms with Gasteiger partial charge >= 0.3 is 11.9 Å². The van der Waals surface area contributed by atoms with Crippen LogP contribution in [-0.4, -0.2) is 31.3 Å². The highest BCUT2D eigenvalue weighted by atomic mass is 16.5. The fourth-order valence-electron chi connectivity index (χ4n) is 2.06. The van der Waals surface area contributed by atoms with Gasteiger partial charge in [-0.2, -0.15) is 0 Å². The Kier molecular flexibility index (Phi) is 5.15. The maximum absolute atomic E-state index is 11.5. The number of hydrogen-bond acceptors (Lipinski definition) is 4. The van der Waals surface area contributed by atoms with Crippen LogP contribution in [0, 0.1) is 0 Å². The van der Waals surface area contributed by atoms with Crippen molar-refractivity contribution in [1.29, 1.82) is 0 Å². The van der Waals surface area contributed by atoms with Crippen LogP contribution in [-0.2, 0) is 9.53 Å². The summed E-state index contributed by atoms with van der Waals surface area (Å²) in [7, 11) is 2.83. The van der Waals surface area contributed by atoms with Gasteiger partial charge in [-0.25, -0.2) is 9.59 Å². The molecule has 0 amide bonds. The zero-order chi connectivity index (χ0) is 16.8. The normalized spacial score (nSPS) is 11.0. The molecule has 5 heteroatoms. The van der Waals surface area contributed by atoms with E-state index in [9.17, 15) is 14.7 Å². The van der Waals surface area contributed by atoms with Gasteiger partial charge in [0.25, 0.3) is 0 Å². The quantitative estimate of drug-likeness (QED) is 0.522. The molecule has 0 spiro atoms.